The Morgan fingerprint density at radius 3 is 2.92 bits per heavy atom. The molecule has 0 unspecified atom stereocenters. The SMILES string of the molecule is C=CCCNc1ccc(OC)nn1. The number of aromatic nitrogens is 2. The van der Waals surface area contributed by atoms with Crippen molar-refractivity contribution in [3.05, 3.63) is 24.8 Å². The Morgan fingerprint density at radius 1 is 1.54 bits per heavy atom. The van der Waals surface area contributed by atoms with Crippen molar-refractivity contribution in [1.82, 2.24) is 10.2 Å². The second-order valence-electron chi connectivity index (χ2n) is 2.47. The topological polar surface area (TPSA) is 47.0 Å². The van der Waals surface area contributed by atoms with Gasteiger partial charge < -0.3 is 10.1 Å². The molecule has 0 aliphatic rings. The minimum absolute atomic E-state index is 0.522. The second-order valence-corrected chi connectivity index (χ2v) is 2.47. The first-order valence-electron chi connectivity index (χ1n) is 4.09. The number of hydrogen-bond donors (Lipinski definition) is 1. The molecule has 1 N–H and O–H groups in total. The van der Waals surface area contributed by atoms with Crippen molar-refractivity contribution in [2.24, 2.45) is 0 Å². The molecule has 1 aromatic rings. The molecular weight excluding hydrogens is 166 g/mol. The summed E-state index contributed by atoms with van der Waals surface area (Å²) in [5, 5.41) is 10.8. The lowest BCUT2D eigenvalue weighted by molar-refractivity contribution is 0.392. The predicted molar refractivity (Wildman–Crippen MR) is 51.9 cm³/mol. The zero-order valence-corrected chi connectivity index (χ0v) is 7.66. The third-order valence-corrected chi connectivity index (χ3v) is 1.50. The molecule has 0 aliphatic heterocycles. The first-order chi connectivity index (χ1) is 6.36. The summed E-state index contributed by atoms with van der Waals surface area (Å²) in [4.78, 5) is 0. The van der Waals surface area contributed by atoms with E-state index in [1.807, 2.05) is 12.1 Å². The third-order valence-electron chi connectivity index (χ3n) is 1.50. The molecule has 0 atom stereocenters. The third kappa shape index (κ3) is 3.11. The van der Waals surface area contributed by atoms with Crippen LogP contribution in [-0.2, 0) is 0 Å². The average molecular weight is 179 g/mol. The largest absolute Gasteiger partial charge is 0.480 e. The van der Waals surface area contributed by atoms with Gasteiger partial charge in [0.15, 0.2) is 0 Å². The minimum atomic E-state index is 0.522. The molecule has 13 heavy (non-hydrogen) atoms. The molecule has 0 spiro atoms. The Hall–Kier alpha value is -1.58. The number of rotatable bonds is 5. The van der Waals surface area contributed by atoms with E-state index in [2.05, 4.69) is 22.1 Å². The number of nitrogens with one attached hydrogen (secondary N) is 1. The Bertz CT molecular complexity index is 258. The highest BCUT2D eigenvalue weighted by Gasteiger charge is 1.94. The summed E-state index contributed by atoms with van der Waals surface area (Å²) >= 11 is 0. The second kappa shape index (κ2) is 5.13. The smallest absolute Gasteiger partial charge is 0.233 e. The van der Waals surface area contributed by atoms with Gasteiger partial charge in [0.25, 0.3) is 0 Å². The molecule has 0 fully saturated rings. The van der Waals surface area contributed by atoms with Crippen LogP contribution < -0.4 is 10.1 Å². The summed E-state index contributed by atoms with van der Waals surface area (Å²) in [7, 11) is 1.56. The lowest BCUT2D eigenvalue weighted by Gasteiger charge is -2.02. The Morgan fingerprint density at radius 2 is 2.38 bits per heavy atom. The fourth-order valence-corrected chi connectivity index (χ4v) is 0.825. The van der Waals surface area contributed by atoms with Crippen LogP contribution >= 0.6 is 0 Å². The standard InChI is InChI=1S/C9H13N3O/c1-3-4-7-10-8-5-6-9(13-2)12-11-8/h3,5-6H,1,4,7H2,2H3,(H,10,11). The van der Waals surface area contributed by atoms with Crippen molar-refractivity contribution in [3.63, 3.8) is 0 Å². The number of methoxy groups -OCH3 is 1. The first kappa shape index (κ1) is 9.51. The molecular formula is C9H13N3O. The monoisotopic (exact) mass is 179 g/mol. The van der Waals surface area contributed by atoms with Crippen molar-refractivity contribution in [2.75, 3.05) is 19.0 Å². The highest BCUT2D eigenvalue weighted by atomic mass is 16.5. The lowest BCUT2D eigenvalue weighted by atomic mass is 10.4. The maximum atomic E-state index is 4.88. The maximum Gasteiger partial charge on any atom is 0.233 e. The predicted octanol–water partition coefficient (Wildman–Crippen LogP) is 1.47. The van der Waals surface area contributed by atoms with Crippen molar-refractivity contribution in [3.8, 4) is 5.88 Å². The van der Waals surface area contributed by atoms with Crippen LogP contribution in [0.2, 0.25) is 0 Å². The molecule has 0 saturated carbocycles. The van der Waals surface area contributed by atoms with Crippen LogP contribution in [-0.4, -0.2) is 23.9 Å². The van der Waals surface area contributed by atoms with E-state index >= 15 is 0 Å². The number of anilines is 1. The quantitative estimate of drug-likeness (QED) is 0.549. The van der Waals surface area contributed by atoms with Gasteiger partial charge in [-0.25, -0.2) is 0 Å². The van der Waals surface area contributed by atoms with Crippen LogP contribution in [0, 0.1) is 0 Å². The highest BCUT2D eigenvalue weighted by Crippen LogP contribution is 2.06. The van der Waals surface area contributed by atoms with Crippen molar-refractivity contribution >= 4 is 5.82 Å². The zero-order chi connectivity index (χ0) is 9.52. The number of nitrogens with zero attached hydrogens (tertiary/aromatic N) is 2. The Labute approximate surface area is 77.6 Å². The van der Waals surface area contributed by atoms with Gasteiger partial charge in [0, 0.05) is 12.6 Å². The van der Waals surface area contributed by atoms with Gasteiger partial charge in [-0.05, 0) is 12.5 Å². The van der Waals surface area contributed by atoms with Gasteiger partial charge in [0.2, 0.25) is 5.88 Å². The number of ether oxygens (including phenoxy) is 1. The Kier molecular flexibility index (Phi) is 3.75. The molecule has 0 saturated heterocycles. The van der Waals surface area contributed by atoms with Crippen LogP contribution in [0.5, 0.6) is 5.88 Å². The van der Waals surface area contributed by atoms with Crippen LogP contribution in [0.1, 0.15) is 6.42 Å². The molecule has 70 valence electrons. The van der Waals surface area contributed by atoms with Crippen molar-refractivity contribution < 1.29 is 4.74 Å². The summed E-state index contributed by atoms with van der Waals surface area (Å²) in [6, 6.07) is 3.60. The summed E-state index contributed by atoms with van der Waals surface area (Å²) in [6.45, 7) is 4.45. The normalized spacial score (nSPS) is 9.31. The molecule has 1 aromatic heterocycles. The van der Waals surface area contributed by atoms with Gasteiger partial charge in [-0.2, -0.15) is 0 Å². The fraction of sp³-hybridized carbons (Fsp3) is 0.333. The molecule has 1 heterocycles. The highest BCUT2D eigenvalue weighted by molar-refractivity contribution is 5.33. The summed E-state index contributed by atoms with van der Waals surface area (Å²) in [5.41, 5.74) is 0. The zero-order valence-electron chi connectivity index (χ0n) is 7.66. The van der Waals surface area contributed by atoms with Crippen LogP contribution in [0.25, 0.3) is 0 Å². The summed E-state index contributed by atoms with van der Waals surface area (Å²) in [6.07, 6.45) is 2.76. The molecule has 0 radical (unpaired) electrons. The molecule has 4 heteroatoms. The molecule has 4 nitrogen and oxygen atoms in total. The van der Waals surface area contributed by atoms with E-state index in [9.17, 15) is 0 Å². The minimum Gasteiger partial charge on any atom is -0.480 e. The molecule has 0 bridgehead atoms. The van der Waals surface area contributed by atoms with E-state index in [0.29, 0.717) is 5.88 Å². The summed E-state index contributed by atoms with van der Waals surface area (Å²) < 4.78 is 4.88. The van der Waals surface area contributed by atoms with E-state index in [1.165, 1.54) is 0 Å². The van der Waals surface area contributed by atoms with Crippen molar-refractivity contribution in [1.29, 1.82) is 0 Å². The van der Waals surface area contributed by atoms with E-state index in [4.69, 9.17) is 4.74 Å². The molecule has 0 aromatic carbocycles. The first-order valence-corrected chi connectivity index (χ1v) is 4.09. The van der Waals surface area contributed by atoms with Crippen LogP contribution in [0.4, 0.5) is 5.82 Å². The van der Waals surface area contributed by atoms with E-state index in [1.54, 1.807) is 13.2 Å². The van der Waals surface area contributed by atoms with E-state index in [-0.39, 0.29) is 0 Å². The Balaban J connectivity index is 2.44. The summed E-state index contributed by atoms with van der Waals surface area (Å²) in [5.74, 6) is 1.27. The van der Waals surface area contributed by atoms with Gasteiger partial charge in [-0.3, -0.25) is 0 Å². The molecule has 1 rings (SSSR count). The number of hydrogen-bond acceptors (Lipinski definition) is 4. The van der Waals surface area contributed by atoms with E-state index < -0.39 is 0 Å². The van der Waals surface area contributed by atoms with Gasteiger partial charge >= 0.3 is 0 Å². The fourth-order valence-electron chi connectivity index (χ4n) is 0.825. The van der Waals surface area contributed by atoms with Gasteiger partial charge in [0.1, 0.15) is 5.82 Å². The van der Waals surface area contributed by atoms with E-state index in [0.717, 1.165) is 18.8 Å². The molecule has 0 amide bonds. The molecule has 0 aliphatic carbocycles. The van der Waals surface area contributed by atoms with Gasteiger partial charge in [-0.15, -0.1) is 16.8 Å². The van der Waals surface area contributed by atoms with Gasteiger partial charge in [-0.1, -0.05) is 6.08 Å². The maximum absolute atomic E-state index is 4.88. The lowest BCUT2D eigenvalue weighted by Crippen LogP contribution is -2.03. The average Bonchev–Trinajstić information content (AvgIpc) is 2.19. The van der Waals surface area contributed by atoms with Crippen LogP contribution in [0.3, 0.4) is 0 Å². The van der Waals surface area contributed by atoms with Crippen molar-refractivity contribution in [2.45, 2.75) is 6.42 Å². The van der Waals surface area contributed by atoms with Gasteiger partial charge in [0.05, 0.1) is 7.11 Å². The van der Waals surface area contributed by atoms with Crippen LogP contribution in [0.15, 0.2) is 24.8 Å².